The molecule has 107 heavy (non-hydrogen) atoms. The van der Waals surface area contributed by atoms with E-state index in [4.69, 9.17) is 37.9 Å². The summed E-state index contributed by atoms with van der Waals surface area (Å²) in [5.74, 6) is 0. The maximum absolute atomic E-state index is 14.2. The standard InChI is InChI=1S/C96H138N2O9/c1-3-5-7-9-11-13-15-17-18-19-20-21-22-23-24-25-26-27-28-30-32-34-36-55-72-97-88(91(101-74-81-59-44-38-45-60-81)89(100-73-80-57-42-37-43-58-80)71-52-35-33-31-29-16-14-12-10-8-6-4-2)78-105-95-94(104-77-84-65-50-41-51-66-84)93(103-76-83-63-48-40-49-64-83)92(102-75-82-61-46-39-47-62-82)90(107-95)79-106-96(99)98-87-70-56-68-85-67-53-54-69-86(85)87/h37-51,53-54,56-70,88-95,97H,3-36,52,55,71-79H2,1-2H3,(H,98,99)/t88-,89+,90+,91-,92-,93-,94+,95+/m0/s1. The molecule has 1 saturated heterocycles. The number of benzene rings is 7. The van der Waals surface area contributed by atoms with Gasteiger partial charge in [0.25, 0.3) is 0 Å². The highest BCUT2D eigenvalue weighted by Crippen LogP contribution is 2.34. The number of carbonyl (C=O) groups is 1. The average molecular weight is 1460 g/mol. The van der Waals surface area contributed by atoms with Gasteiger partial charge in [0, 0.05) is 5.39 Å². The van der Waals surface area contributed by atoms with Gasteiger partial charge in [-0.05, 0) is 58.7 Å². The number of hydrogen-bond donors (Lipinski definition) is 2. The van der Waals surface area contributed by atoms with Crippen LogP contribution in [0.2, 0.25) is 0 Å². The summed E-state index contributed by atoms with van der Waals surface area (Å²) in [5, 5.41) is 9.05. The number of unbranched alkanes of at least 4 members (excludes halogenated alkanes) is 34. The summed E-state index contributed by atoms with van der Waals surface area (Å²) in [5.41, 5.74) is 5.80. The Morgan fingerprint density at radius 2 is 0.729 bits per heavy atom. The second-order valence-electron chi connectivity index (χ2n) is 30.4. The van der Waals surface area contributed by atoms with E-state index in [9.17, 15) is 4.79 Å². The molecule has 11 nitrogen and oxygen atoms in total. The topological polar surface area (TPSA) is 115 Å². The van der Waals surface area contributed by atoms with Gasteiger partial charge in [0.05, 0.1) is 57.5 Å². The third kappa shape index (κ3) is 36.0. The fourth-order valence-electron chi connectivity index (χ4n) is 15.1. The van der Waals surface area contributed by atoms with Crippen LogP contribution in [-0.4, -0.2) is 74.8 Å². The van der Waals surface area contributed by atoms with Crippen LogP contribution in [0.25, 0.3) is 10.8 Å². The van der Waals surface area contributed by atoms with Crippen molar-refractivity contribution in [3.8, 4) is 0 Å². The first kappa shape index (κ1) is 86.3. The van der Waals surface area contributed by atoms with Crippen molar-refractivity contribution in [2.45, 2.75) is 333 Å². The van der Waals surface area contributed by atoms with Crippen LogP contribution >= 0.6 is 0 Å². The summed E-state index contributed by atoms with van der Waals surface area (Å²) in [7, 11) is 0. The molecule has 1 amide bonds. The van der Waals surface area contributed by atoms with Crippen LogP contribution in [-0.2, 0) is 70.9 Å². The number of carbonyl (C=O) groups excluding carboxylic acids is 1. The van der Waals surface area contributed by atoms with E-state index in [2.05, 4.69) is 109 Å². The minimum Gasteiger partial charge on any atom is -0.446 e. The van der Waals surface area contributed by atoms with E-state index in [-0.39, 0.29) is 45.2 Å². The van der Waals surface area contributed by atoms with Gasteiger partial charge < -0.3 is 43.2 Å². The zero-order valence-electron chi connectivity index (χ0n) is 66.1. The van der Waals surface area contributed by atoms with Crippen molar-refractivity contribution in [3.05, 3.63) is 222 Å². The molecule has 1 heterocycles. The van der Waals surface area contributed by atoms with E-state index in [1.807, 2.05) is 109 Å². The van der Waals surface area contributed by atoms with Gasteiger partial charge in [-0.15, -0.1) is 0 Å². The molecule has 8 atom stereocenters. The summed E-state index contributed by atoms with van der Waals surface area (Å²) < 4.78 is 57.1. The second kappa shape index (κ2) is 56.0. The zero-order chi connectivity index (χ0) is 74.3. The monoisotopic (exact) mass is 1460 g/mol. The normalized spacial score (nSPS) is 16.7. The van der Waals surface area contributed by atoms with Crippen LogP contribution in [0.5, 0.6) is 0 Å². The molecule has 8 rings (SSSR count). The maximum Gasteiger partial charge on any atom is 0.411 e. The fourth-order valence-corrected chi connectivity index (χ4v) is 15.1. The van der Waals surface area contributed by atoms with E-state index in [0.29, 0.717) is 18.9 Å². The van der Waals surface area contributed by atoms with Crippen LogP contribution in [0.1, 0.15) is 279 Å². The lowest BCUT2D eigenvalue weighted by Gasteiger charge is -2.46. The predicted octanol–water partition coefficient (Wildman–Crippen LogP) is 25.5. The molecular formula is C96H138N2O9. The fraction of sp³-hybridized carbons (Fsp3) is 0.573. The van der Waals surface area contributed by atoms with Gasteiger partial charge in [0.2, 0.25) is 0 Å². The van der Waals surface area contributed by atoms with Crippen LogP contribution in [0.15, 0.2) is 194 Å². The Labute approximate surface area is 647 Å². The van der Waals surface area contributed by atoms with Crippen LogP contribution in [0, 0.1) is 0 Å². The highest BCUT2D eigenvalue weighted by Gasteiger charge is 2.50. The Hall–Kier alpha value is -6.25. The van der Waals surface area contributed by atoms with E-state index in [0.717, 1.165) is 77.2 Å². The molecular weight excluding hydrogens is 1330 g/mol. The lowest BCUT2D eigenvalue weighted by molar-refractivity contribution is -0.328. The van der Waals surface area contributed by atoms with Crippen molar-refractivity contribution in [2.75, 3.05) is 25.1 Å². The average Bonchev–Trinajstić information content (AvgIpc) is 0.786. The van der Waals surface area contributed by atoms with Gasteiger partial charge in [-0.1, -0.05) is 427 Å². The van der Waals surface area contributed by atoms with Crippen molar-refractivity contribution < 1.29 is 42.7 Å². The molecule has 0 unspecified atom stereocenters. The maximum atomic E-state index is 14.2. The number of amides is 1. The summed E-state index contributed by atoms with van der Waals surface area (Å²) in [6, 6.07) is 65.0. The van der Waals surface area contributed by atoms with Gasteiger partial charge in [0.1, 0.15) is 37.1 Å². The number of anilines is 1. The summed E-state index contributed by atoms with van der Waals surface area (Å²) >= 11 is 0. The predicted molar refractivity (Wildman–Crippen MR) is 443 cm³/mol. The van der Waals surface area contributed by atoms with Crippen LogP contribution in [0.3, 0.4) is 0 Å². The van der Waals surface area contributed by atoms with E-state index < -0.39 is 42.9 Å². The van der Waals surface area contributed by atoms with E-state index >= 15 is 0 Å². The second-order valence-corrected chi connectivity index (χ2v) is 30.4. The minimum atomic E-state index is -1.03. The molecule has 0 aliphatic carbocycles. The van der Waals surface area contributed by atoms with E-state index in [1.165, 1.54) is 205 Å². The highest BCUT2D eigenvalue weighted by atomic mass is 16.7. The number of fused-ring (bicyclic) bond motifs is 1. The quantitative estimate of drug-likeness (QED) is 0.0357. The van der Waals surface area contributed by atoms with Crippen LogP contribution < -0.4 is 10.6 Å². The summed E-state index contributed by atoms with van der Waals surface area (Å²) in [4.78, 5) is 14.2. The molecule has 0 aromatic heterocycles. The Kier molecular flexibility index (Phi) is 45.2. The van der Waals surface area contributed by atoms with Crippen molar-refractivity contribution in [2.24, 2.45) is 0 Å². The molecule has 1 fully saturated rings. The summed E-state index contributed by atoms with van der Waals surface area (Å²) in [6.07, 6.45) is 43.0. The largest absolute Gasteiger partial charge is 0.446 e. The number of rotatable bonds is 62. The molecule has 0 bridgehead atoms. The molecule has 1 aliphatic rings. The molecule has 0 radical (unpaired) electrons. The highest BCUT2D eigenvalue weighted by molar-refractivity contribution is 6.00. The first-order valence-electron chi connectivity index (χ1n) is 42.7. The van der Waals surface area contributed by atoms with Crippen molar-refractivity contribution in [1.29, 1.82) is 0 Å². The molecule has 1 aliphatic heterocycles. The minimum absolute atomic E-state index is 0.175. The van der Waals surface area contributed by atoms with Gasteiger partial charge >= 0.3 is 6.09 Å². The number of hydrogen-bond acceptors (Lipinski definition) is 10. The van der Waals surface area contributed by atoms with Crippen LogP contribution in [0.4, 0.5) is 10.5 Å². The lowest BCUT2D eigenvalue weighted by Crippen LogP contribution is -2.62. The Balaban J connectivity index is 0.999. The third-order valence-corrected chi connectivity index (χ3v) is 21.4. The Morgan fingerprint density at radius 3 is 1.18 bits per heavy atom. The number of ether oxygens (including phenoxy) is 8. The third-order valence-electron chi connectivity index (χ3n) is 21.4. The molecule has 11 heteroatoms. The SMILES string of the molecule is CCCCCCCCCCCCCCCCCCCCCCCCCCN[C@@H](CO[C@@H]1O[C@H](COC(=O)Nc2cccc3ccccc23)[C@H](OCc2ccccc2)[C@H](OCc2ccccc2)[C@H]1OCc1ccccc1)[C@H](OCc1ccccc1)[C@@H](CCCCCCCCCCCCCC)OCc1ccccc1. The Bertz CT molecular complexity index is 3250. The van der Waals surface area contributed by atoms with Crippen molar-refractivity contribution in [1.82, 2.24) is 5.32 Å². The van der Waals surface area contributed by atoms with Gasteiger partial charge in [-0.3, -0.25) is 5.32 Å². The first-order valence-corrected chi connectivity index (χ1v) is 42.7. The van der Waals surface area contributed by atoms with Crippen molar-refractivity contribution >= 4 is 22.6 Å². The Morgan fingerprint density at radius 1 is 0.364 bits per heavy atom. The summed E-state index contributed by atoms with van der Waals surface area (Å²) in [6.45, 7) is 6.95. The first-order chi connectivity index (χ1) is 53.0. The molecule has 0 saturated carbocycles. The molecule has 586 valence electrons. The van der Waals surface area contributed by atoms with Gasteiger partial charge in [-0.2, -0.15) is 0 Å². The number of nitrogens with one attached hydrogen (secondary N) is 2. The molecule has 7 aromatic carbocycles. The zero-order valence-corrected chi connectivity index (χ0v) is 66.1. The van der Waals surface area contributed by atoms with Gasteiger partial charge in [0.15, 0.2) is 6.29 Å². The van der Waals surface area contributed by atoms with Crippen molar-refractivity contribution in [3.63, 3.8) is 0 Å². The smallest absolute Gasteiger partial charge is 0.411 e. The lowest BCUT2D eigenvalue weighted by atomic mass is 9.97. The molecule has 2 N–H and O–H groups in total. The molecule has 7 aromatic rings. The van der Waals surface area contributed by atoms with Gasteiger partial charge in [-0.25, -0.2) is 4.79 Å². The van der Waals surface area contributed by atoms with E-state index in [1.54, 1.807) is 0 Å². The molecule has 0 spiro atoms.